The molecule has 0 bridgehead atoms. The molecule has 1 aromatic carbocycles. The number of benzene rings is 1. The Bertz CT molecular complexity index is 739. The molecule has 0 fully saturated rings. The van der Waals surface area contributed by atoms with E-state index in [1.54, 1.807) is 12.1 Å². The lowest BCUT2D eigenvalue weighted by atomic mass is 9.95. The van der Waals surface area contributed by atoms with E-state index in [0.717, 1.165) is 12.8 Å². The van der Waals surface area contributed by atoms with Crippen molar-refractivity contribution in [1.82, 2.24) is 0 Å². The zero-order valence-corrected chi connectivity index (χ0v) is 15.0. The van der Waals surface area contributed by atoms with Crippen molar-refractivity contribution in [2.24, 2.45) is 0 Å². The molecule has 0 saturated carbocycles. The maximum absolute atomic E-state index is 12.5. The quantitative estimate of drug-likeness (QED) is 0.813. The van der Waals surface area contributed by atoms with Gasteiger partial charge in [-0.05, 0) is 36.5 Å². The van der Waals surface area contributed by atoms with E-state index >= 15 is 0 Å². The number of rotatable bonds is 6. The highest BCUT2D eigenvalue weighted by molar-refractivity contribution is 5.92. The Balaban J connectivity index is 1.67. The number of hydrogen-bond donors (Lipinski definition) is 1. The fourth-order valence-electron chi connectivity index (χ4n) is 3.10. The van der Waals surface area contributed by atoms with E-state index < -0.39 is 0 Å². The summed E-state index contributed by atoms with van der Waals surface area (Å²) in [7, 11) is 0. The van der Waals surface area contributed by atoms with Crippen molar-refractivity contribution in [2.45, 2.75) is 45.6 Å². The second kappa shape index (κ2) is 7.55. The first-order chi connectivity index (χ1) is 12.1. The molecule has 5 heteroatoms. The first-order valence-electron chi connectivity index (χ1n) is 8.83. The minimum absolute atomic E-state index is 0.0702. The van der Waals surface area contributed by atoms with Crippen LogP contribution in [0.4, 0.5) is 5.69 Å². The molecule has 0 unspecified atom stereocenters. The minimum atomic E-state index is -0.304. The molecule has 5 nitrogen and oxygen atoms in total. The molecule has 1 aromatic heterocycles. The van der Waals surface area contributed by atoms with Crippen molar-refractivity contribution in [3.8, 4) is 11.5 Å². The number of fused-ring (bicyclic) bond motifs is 1. The van der Waals surface area contributed by atoms with Gasteiger partial charge in [0.05, 0.1) is 0 Å². The molecule has 2 aromatic rings. The van der Waals surface area contributed by atoms with Crippen LogP contribution in [-0.2, 0) is 4.79 Å². The molecular formula is C20H25N2O3+. The lowest BCUT2D eigenvalue weighted by Gasteiger charge is -2.13. The third-order valence-corrected chi connectivity index (χ3v) is 4.80. The number of amides is 1. The van der Waals surface area contributed by atoms with Crippen molar-refractivity contribution < 1.29 is 18.8 Å². The van der Waals surface area contributed by atoms with Gasteiger partial charge in [0.1, 0.15) is 0 Å². The highest BCUT2D eigenvalue weighted by atomic mass is 16.7. The highest BCUT2D eigenvalue weighted by Crippen LogP contribution is 2.34. The topological polar surface area (TPSA) is 51.4 Å². The molecular weight excluding hydrogens is 316 g/mol. The van der Waals surface area contributed by atoms with E-state index in [1.165, 1.54) is 5.56 Å². The third-order valence-electron chi connectivity index (χ3n) is 4.80. The largest absolute Gasteiger partial charge is 0.454 e. The Labute approximate surface area is 148 Å². The minimum Gasteiger partial charge on any atom is -0.454 e. The van der Waals surface area contributed by atoms with Crippen molar-refractivity contribution in [2.75, 3.05) is 12.1 Å². The van der Waals surface area contributed by atoms with Crippen LogP contribution in [0.25, 0.3) is 0 Å². The van der Waals surface area contributed by atoms with Gasteiger partial charge < -0.3 is 14.8 Å². The Morgan fingerprint density at radius 1 is 1.12 bits per heavy atom. The summed E-state index contributed by atoms with van der Waals surface area (Å²) >= 11 is 0. The summed E-state index contributed by atoms with van der Waals surface area (Å²) < 4.78 is 12.6. The first kappa shape index (κ1) is 17.3. The lowest BCUT2D eigenvalue weighted by molar-refractivity contribution is -0.705. The number of carbonyl (C=O) groups excluding carboxylic acids is 1. The molecule has 0 spiro atoms. The van der Waals surface area contributed by atoms with Crippen LogP contribution in [0.1, 0.15) is 51.1 Å². The van der Waals surface area contributed by atoms with Crippen LogP contribution in [0.15, 0.2) is 42.7 Å². The van der Waals surface area contributed by atoms with Crippen LogP contribution < -0.4 is 19.4 Å². The van der Waals surface area contributed by atoms with Crippen molar-refractivity contribution >= 4 is 11.6 Å². The number of nitrogens with zero attached hydrogens (tertiary/aromatic N) is 1. The monoisotopic (exact) mass is 341 g/mol. The summed E-state index contributed by atoms with van der Waals surface area (Å²) in [6, 6.07) is 9.33. The van der Waals surface area contributed by atoms with Crippen LogP contribution in [0.5, 0.6) is 11.5 Å². The molecule has 3 rings (SSSR count). The number of ether oxygens (including phenoxy) is 2. The molecule has 1 N–H and O–H groups in total. The number of aromatic nitrogens is 1. The summed E-state index contributed by atoms with van der Waals surface area (Å²) in [5.74, 6) is 1.87. The van der Waals surface area contributed by atoms with Crippen LogP contribution in [-0.4, -0.2) is 12.7 Å². The Morgan fingerprint density at radius 3 is 2.48 bits per heavy atom. The second-order valence-electron chi connectivity index (χ2n) is 6.33. The molecule has 25 heavy (non-hydrogen) atoms. The van der Waals surface area contributed by atoms with Crippen LogP contribution in [0.2, 0.25) is 0 Å². The van der Waals surface area contributed by atoms with Gasteiger partial charge in [-0.1, -0.05) is 13.8 Å². The fourth-order valence-corrected chi connectivity index (χ4v) is 3.10. The molecule has 2 heterocycles. The number of carbonyl (C=O) groups is 1. The summed E-state index contributed by atoms with van der Waals surface area (Å²) in [6.45, 7) is 6.52. The lowest BCUT2D eigenvalue weighted by Crippen LogP contribution is -2.44. The molecule has 0 radical (unpaired) electrons. The van der Waals surface area contributed by atoms with Gasteiger partial charge >= 0.3 is 0 Å². The molecule has 132 valence electrons. The predicted octanol–water partition coefficient (Wildman–Crippen LogP) is 3.81. The SMILES string of the molecule is CCC(CC)c1cc[n+]([C@H](C)C(=O)Nc2ccc3c(c2)OCO3)cc1. The second-order valence-corrected chi connectivity index (χ2v) is 6.33. The van der Waals surface area contributed by atoms with Crippen molar-refractivity contribution in [1.29, 1.82) is 0 Å². The highest BCUT2D eigenvalue weighted by Gasteiger charge is 2.23. The van der Waals surface area contributed by atoms with Gasteiger partial charge in [0, 0.05) is 30.8 Å². The number of pyridine rings is 1. The predicted molar refractivity (Wildman–Crippen MR) is 95.9 cm³/mol. The van der Waals surface area contributed by atoms with Crippen molar-refractivity contribution in [3.63, 3.8) is 0 Å². The van der Waals surface area contributed by atoms with Crippen LogP contribution in [0.3, 0.4) is 0 Å². The molecule has 1 aliphatic heterocycles. The number of anilines is 1. The van der Waals surface area contributed by atoms with Crippen LogP contribution >= 0.6 is 0 Å². The molecule has 1 aliphatic rings. The number of nitrogens with one attached hydrogen (secondary N) is 1. The molecule has 1 atom stereocenters. The third kappa shape index (κ3) is 3.76. The Morgan fingerprint density at radius 2 is 1.80 bits per heavy atom. The van der Waals surface area contributed by atoms with Gasteiger partial charge in [-0.3, -0.25) is 4.79 Å². The van der Waals surface area contributed by atoms with E-state index in [2.05, 4.69) is 31.3 Å². The summed E-state index contributed by atoms with van der Waals surface area (Å²) in [4.78, 5) is 12.5. The van der Waals surface area contributed by atoms with E-state index in [9.17, 15) is 4.79 Å². The molecule has 1 amide bonds. The van der Waals surface area contributed by atoms with Crippen LogP contribution in [0, 0.1) is 0 Å². The zero-order valence-electron chi connectivity index (χ0n) is 15.0. The maximum Gasteiger partial charge on any atom is 0.293 e. The molecule has 0 aliphatic carbocycles. The van der Waals surface area contributed by atoms with E-state index in [4.69, 9.17) is 9.47 Å². The average Bonchev–Trinajstić information content (AvgIpc) is 3.10. The standard InChI is InChI=1S/C20H24N2O3/c1-4-15(5-2)16-8-10-22(11-9-16)14(3)20(23)21-17-6-7-18-19(12-17)25-13-24-18/h6-12,14-15H,4-5,13H2,1-3H3/p+1/t14-/m1/s1. The summed E-state index contributed by atoms with van der Waals surface area (Å²) in [5, 5.41) is 2.93. The molecule has 0 saturated heterocycles. The normalized spacial score (nSPS) is 13.8. The average molecular weight is 341 g/mol. The van der Waals surface area contributed by atoms with Gasteiger partial charge in [0.2, 0.25) is 12.8 Å². The van der Waals surface area contributed by atoms with Crippen molar-refractivity contribution in [3.05, 3.63) is 48.3 Å². The van der Waals surface area contributed by atoms with Gasteiger partial charge in [-0.15, -0.1) is 0 Å². The first-order valence-corrected chi connectivity index (χ1v) is 8.83. The van der Waals surface area contributed by atoms with E-state index in [1.807, 2.05) is 30.0 Å². The Kier molecular flexibility index (Phi) is 5.22. The summed E-state index contributed by atoms with van der Waals surface area (Å²) in [5.41, 5.74) is 2.03. The maximum atomic E-state index is 12.5. The van der Waals surface area contributed by atoms with Gasteiger partial charge in [0.15, 0.2) is 23.9 Å². The smallest absolute Gasteiger partial charge is 0.293 e. The van der Waals surface area contributed by atoms with Gasteiger partial charge in [0.25, 0.3) is 5.91 Å². The van der Waals surface area contributed by atoms with E-state index in [-0.39, 0.29) is 18.7 Å². The fraction of sp³-hybridized carbons (Fsp3) is 0.400. The Hall–Kier alpha value is -2.56. The zero-order chi connectivity index (χ0) is 17.8. The number of hydrogen-bond acceptors (Lipinski definition) is 3. The van der Waals surface area contributed by atoms with E-state index in [0.29, 0.717) is 23.1 Å². The van der Waals surface area contributed by atoms with Gasteiger partial charge in [-0.25, -0.2) is 0 Å². The van der Waals surface area contributed by atoms with Gasteiger partial charge in [-0.2, -0.15) is 4.57 Å². The summed E-state index contributed by atoms with van der Waals surface area (Å²) in [6.07, 6.45) is 6.22.